The fourth-order valence-corrected chi connectivity index (χ4v) is 8.09. The molecule has 10 heteroatoms. The monoisotopic (exact) mass is 575 g/mol. The summed E-state index contributed by atoms with van der Waals surface area (Å²) >= 11 is 0. The predicted molar refractivity (Wildman–Crippen MR) is 143 cm³/mol. The summed E-state index contributed by atoms with van der Waals surface area (Å²) in [6.45, 7) is 6.13. The smallest absolute Gasteiger partial charge is 0.430 e. The number of piperidine rings is 1. The fraction of sp³-hybridized carbons (Fsp3) is 0.645. The summed E-state index contributed by atoms with van der Waals surface area (Å²) < 4.78 is 33.9. The van der Waals surface area contributed by atoms with Crippen LogP contribution in [0, 0.1) is 18.8 Å². The van der Waals surface area contributed by atoms with Crippen molar-refractivity contribution in [2.24, 2.45) is 11.8 Å². The Bertz CT molecular complexity index is 1210. The average molecular weight is 576 g/mol. The van der Waals surface area contributed by atoms with Gasteiger partial charge in [-0.3, -0.25) is 4.79 Å². The number of likely N-dealkylation sites (tertiary alicyclic amines) is 1. The predicted octanol–water partition coefficient (Wildman–Crippen LogP) is 2.49. The number of halogens is 3. The quantitative estimate of drug-likeness (QED) is 0.551. The van der Waals surface area contributed by atoms with Gasteiger partial charge < -0.3 is 20.1 Å². The Kier molecular flexibility index (Phi) is 8.78. The van der Waals surface area contributed by atoms with Gasteiger partial charge >= 0.3 is 6.18 Å². The number of nitrogens with zero attached hydrogens (tertiary/aromatic N) is 2. The SMILES string of the molecule is Cc1cc2[n+]([nH]1)CCC[C@]21C[NH2+]C[C@H]1C(=O)N1CC[C@@H](c2ccccc2)C[C@H]1C1CCCCC1.O=C([O-])C(F)(F)F. The zero-order chi connectivity index (χ0) is 29.2. The van der Waals surface area contributed by atoms with Gasteiger partial charge in [-0.15, -0.1) is 4.68 Å². The number of carbonyl (C=O) groups excluding carboxylic acids is 2. The Morgan fingerprint density at radius 1 is 1.10 bits per heavy atom. The average Bonchev–Trinajstić information content (AvgIpc) is 3.57. The van der Waals surface area contributed by atoms with Crippen LogP contribution in [0.25, 0.3) is 0 Å². The summed E-state index contributed by atoms with van der Waals surface area (Å²) in [5.74, 6) is -1.17. The number of H-pyrrole nitrogens is 1. The summed E-state index contributed by atoms with van der Waals surface area (Å²) in [6.07, 6.45) is 6.00. The minimum absolute atomic E-state index is 0.00646. The van der Waals surface area contributed by atoms with Crippen LogP contribution in [0.15, 0.2) is 36.4 Å². The van der Waals surface area contributed by atoms with E-state index in [0.717, 1.165) is 51.9 Å². The Balaban J connectivity index is 0.000000431. The maximum atomic E-state index is 14.5. The van der Waals surface area contributed by atoms with Crippen LogP contribution < -0.4 is 15.1 Å². The van der Waals surface area contributed by atoms with Gasteiger partial charge in [0.25, 0.3) is 0 Å². The van der Waals surface area contributed by atoms with Crippen LogP contribution in [0.2, 0.25) is 0 Å². The van der Waals surface area contributed by atoms with E-state index in [-0.39, 0.29) is 11.3 Å². The largest absolute Gasteiger partial charge is 0.542 e. The zero-order valence-corrected chi connectivity index (χ0v) is 23.8. The second-order valence-electron chi connectivity index (χ2n) is 12.4. The van der Waals surface area contributed by atoms with E-state index in [1.807, 2.05) is 0 Å². The second-order valence-corrected chi connectivity index (χ2v) is 12.4. The van der Waals surface area contributed by atoms with E-state index < -0.39 is 12.1 Å². The van der Waals surface area contributed by atoms with Gasteiger partial charge in [0.2, 0.25) is 11.6 Å². The molecule has 1 aliphatic carbocycles. The number of alkyl halides is 3. The lowest BCUT2D eigenvalue weighted by molar-refractivity contribution is -0.767. The number of quaternary nitrogens is 1. The Labute approximate surface area is 239 Å². The first-order valence-electron chi connectivity index (χ1n) is 15.2. The minimum Gasteiger partial charge on any atom is -0.542 e. The number of aliphatic carboxylic acids is 1. The van der Waals surface area contributed by atoms with Crippen LogP contribution in [0.5, 0.6) is 0 Å². The Hall–Kier alpha value is -2.88. The fourth-order valence-electron chi connectivity index (χ4n) is 8.09. The van der Waals surface area contributed by atoms with Crippen molar-refractivity contribution in [1.29, 1.82) is 0 Å². The summed E-state index contributed by atoms with van der Waals surface area (Å²) in [5, 5.41) is 14.8. The number of rotatable bonds is 3. The number of benzene rings is 1. The number of nitrogens with two attached hydrogens (primary N) is 1. The summed E-state index contributed by atoms with van der Waals surface area (Å²) in [5.41, 5.74) is 4.07. The van der Waals surface area contributed by atoms with E-state index >= 15 is 0 Å². The lowest BCUT2D eigenvalue weighted by atomic mass is 9.69. The van der Waals surface area contributed by atoms with E-state index in [2.05, 4.69) is 63.3 Å². The molecule has 4 atom stereocenters. The van der Waals surface area contributed by atoms with Crippen LogP contribution in [-0.4, -0.2) is 53.7 Å². The molecule has 4 heterocycles. The molecule has 0 unspecified atom stereocenters. The molecule has 41 heavy (non-hydrogen) atoms. The molecule has 1 amide bonds. The van der Waals surface area contributed by atoms with Gasteiger partial charge in [-0.2, -0.15) is 18.3 Å². The van der Waals surface area contributed by atoms with Gasteiger partial charge in [0, 0.05) is 25.1 Å². The first-order chi connectivity index (χ1) is 19.6. The molecular formula is C31H42F3N4O3+. The van der Waals surface area contributed by atoms with E-state index in [1.165, 1.54) is 49.1 Å². The van der Waals surface area contributed by atoms with Crippen LogP contribution in [0.4, 0.5) is 13.2 Å². The Morgan fingerprint density at radius 2 is 1.80 bits per heavy atom. The number of nitrogens with one attached hydrogen (secondary N) is 1. The molecule has 4 aliphatic rings. The van der Waals surface area contributed by atoms with Crippen molar-refractivity contribution >= 4 is 11.9 Å². The first-order valence-corrected chi connectivity index (χ1v) is 15.2. The van der Waals surface area contributed by atoms with E-state index in [1.54, 1.807) is 0 Å². The maximum Gasteiger partial charge on any atom is 0.430 e. The molecule has 3 fully saturated rings. The molecular weight excluding hydrogens is 533 g/mol. The molecule has 224 valence electrons. The lowest BCUT2D eigenvalue weighted by Crippen LogP contribution is -2.83. The standard InChI is InChI=1S/C29H40N4O.C2HF3O2/c1-21-17-27-29(14-8-15-33(27)31-21)20-30-19-25(29)28(34)32-16-13-24(22-9-4-2-5-10-22)18-26(32)23-11-6-3-7-12-23;3-2(4,5)1(6)7/h2,4-5,9-10,17,23-26,30H,3,6-8,11-16,18-20H2,1H3;(H,6,7)/p+1/t24-,25+,26+,29-;/m1./s1. The van der Waals surface area contributed by atoms with Crippen molar-refractivity contribution in [2.75, 3.05) is 19.6 Å². The van der Waals surface area contributed by atoms with Crippen LogP contribution in [0.1, 0.15) is 80.7 Å². The molecule has 3 N–H and O–H groups in total. The van der Waals surface area contributed by atoms with Gasteiger partial charge in [0.15, 0.2) is 6.54 Å². The number of hydrogen-bond donors (Lipinski definition) is 2. The molecule has 2 aromatic rings. The third-order valence-electron chi connectivity index (χ3n) is 9.97. The number of carboxylic acids is 1. The van der Waals surface area contributed by atoms with Crippen LogP contribution in [-0.2, 0) is 21.5 Å². The number of aromatic amines is 1. The molecule has 1 saturated carbocycles. The van der Waals surface area contributed by atoms with Gasteiger partial charge in [-0.05, 0) is 56.4 Å². The normalized spacial score (nSPS) is 28.6. The minimum atomic E-state index is -5.19. The van der Waals surface area contributed by atoms with Crippen LogP contribution in [0.3, 0.4) is 0 Å². The molecule has 1 spiro atoms. The molecule has 7 nitrogen and oxygen atoms in total. The highest BCUT2D eigenvalue weighted by Gasteiger charge is 2.59. The molecule has 3 aliphatic heterocycles. The highest BCUT2D eigenvalue weighted by molar-refractivity contribution is 5.81. The number of amides is 1. The van der Waals surface area contributed by atoms with E-state index in [0.29, 0.717) is 23.8 Å². The summed E-state index contributed by atoms with van der Waals surface area (Å²) in [7, 11) is 0. The van der Waals surface area contributed by atoms with Crippen LogP contribution >= 0.6 is 0 Å². The zero-order valence-electron chi connectivity index (χ0n) is 23.8. The molecule has 6 rings (SSSR count). The van der Waals surface area contributed by atoms with Crippen molar-refractivity contribution < 1.29 is 37.9 Å². The number of carboxylic acid groups (broad SMARTS) is 1. The number of fused-ring (bicyclic) bond motifs is 2. The number of hydrogen-bond acceptors (Lipinski definition) is 3. The van der Waals surface area contributed by atoms with Crippen molar-refractivity contribution in [1.82, 2.24) is 10.00 Å². The molecule has 2 saturated heterocycles. The highest BCUT2D eigenvalue weighted by Crippen LogP contribution is 2.44. The molecule has 1 aromatic heterocycles. The van der Waals surface area contributed by atoms with Crippen molar-refractivity contribution in [3.63, 3.8) is 0 Å². The van der Waals surface area contributed by atoms with Gasteiger partial charge in [0.05, 0.1) is 18.8 Å². The van der Waals surface area contributed by atoms with E-state index in [9.17, 15) is 18.0 Å². The highest BCUT2D eigenvalue weighted by atomic mass is 19.4. The summed E-state index contributed by atoms with van der Waals surface area (Å²) in [6, 6.07) is 13.8. The number of carbonyl (C=O) groups is 2. The maximum absolute atomic E-state index is 14.5. The van der Waals surface area contributed by atoms with E-state index in [4.69, 9.17) is 9.90 Å². The third-order valence-corrected chi connectivity index (χ3v) is 9.97. The van der Waals surface area contributed by atoms with Gasteiger partial charge in [-0.25, -0.2) is 0 Å². The molecule has 0 bridgehead atoms. The second kappa shape index (κ2) is 12.2. The van der Waals surface area contributed by atoms with Crippen molar-refractivity contribution in [3.8, 4) is 0 Å². The molecule has 1 aromatic carbocycles. The van der Waals surface area contributed by atoms with Crippen molar-refractivity contribution in [3.05, 3.63) is 53.3 Å². The van der Waals surface area contributed by atoms with Crippen molar-refractivity contribution in [2.45, 2.75) is 94.8 Å². The topological polar surface area (TPSA) is 96.7 Å². The lowest BCUT2D eigenvalue weighted by Gasteiger charge is -2.46. The summed E-state index contributed by atoms with van der Waals surface area (Å²) in [4.78, 5) is 25.7. The van der Waals surface area contributed by atoms with Gasteiger partial charge in [-0.1, -0.05) is 49.6 Å². The molecule has 0 radical (unpaired) electrons. The number of aromatic nitrogens is 2. The third kappa shape index (κ3) is 6.17. The first kappa shape index (κ1) is 29.6. The Morgan fingerprint density at radius 3 is 2.49 bits per heavy atom. The van der Waals surface area contributed by atoms with Gasteiger partial charge in [0.1, 0.15) is 17.3 Å². The number of aryl methyl sites for hydroxylation is 2.